The minimum atomic E-state index is 0.0632. The number of hydrogen-bond acceptors (Lipinski definition) is 4. The minimum Gasteiger partial charge on any atom is -0.326 e. The van der Waals surface area contributed by atoms with Gasteiger partial charge in [0.15, 0.2) is 0 Å². The molecule has 104 valence electrons. The fourth-order valence-electron chi connectivity index (χ4n) is 2.34. The fourth-order valence-corrected chi connectivity index (χ4v) is 3.29. The van der Waals surface area contributed by atoms with E-state index in [2.05, 4.69) is 15.6 Å². The quantitative estimate of drug-likeness (QED) is 0.909. The maximum atomic E-state index is 12.0. The Hall–Kier alpha value is -1.59. The van der Waals surface area contributed by atoms with Crippen molar-refractivity contribution in [3.63, 3.8) is 0 Å². The van der Waals surface area contributed by atoms with Crippen LogP contribution in [0.15, 0.2) is 36.5 Å². The first kappa shape index (κ1) is 13.4. The first-order chi connectivity index (χ1) is 9.81. The van der Waals surface area contributed by atoms with Gasteiger partial charge in [0.2, 0.25) is 5.91 Å². The Kier molecular flexibility index (Phi) is 4.18. The molecule has 0 spiro atoms. The maximum Gasteiger partial charge on any atom is 0.225 e. The molecule has 1 aromatic heterocycles. The SMILES string of the molecule is O=C(CC1CSCCN1)Nc1ccc2ncccc2c1. The van der Waals surface area contributed by atoms with Crippen molar-refractivity contribution < 1.29 is 4.79 Å². The predicted octanol–water partition coefficient (Wildman–Crippen LogP) is 2.27. The van der Waals surface area contributed by atoms with Crippen molar-refractivity contribution in [1.82, 2.24) is 10.3 Å². The van der Waals surface area contributed by atoms with Crippen molar-refractivity contribution in [2.75, 3.05) is 23.4 Å². The molecule has 1 saturated heterocycles. The van der Waals surface area contributed by atoms with E-state index in [0.29, 0.717) is 6.42 Å². The van der Waals surface area contributed by atoms with Crippen LogP contribution >= 0.6 is 11.8 Å². The van der Waals surface area contributed by atoms with E-state index in [1.165, 1.54) is 0 Å². The van der Waals surface area contributed by atoms with E-state index in [1.54, 1.807) is 6.20 Å². The molecule has 0 radical (unpaired) electrons. The lowest BCUT2D eigenvalue weighted by Gasteiger charge is -2.22. The molecule has 1 aliphatic heterocycles. The second-order valence-corrected chi connectivity index (χ2v) is 6.04. The average Bonchev–Trinajstić information content (AvgIpc) is 2.48. The molecule has 1 unspecified atom stereocenters. The van der Waals surface area contributed by atoms with Crippen LogP contribution < -0.4 is 10.6 Å². The van der Waals surface area contributed by atoms with Crippen molar-refractivity contribution in [2.24, 2.45) is 0 Å². The number of amides is 1. The highest BCUT2D eigenvalue weighted by Gasteiger charge is 2.16. The van der Waals surface area contributed by atoms with Gasteiger partial charge in [-0.05, 0) is 24.3 Å². The summed E-state index contributed by atoms with van der Waals surface area (Å²) in [7, 11) is 0. The zero-order valence-corrected chi connectivity index (χ0v) is 12.0. The molecule has 2 heterocycles. The van der Waals surface area contributed by atoms with Gasteiger partial charge in [0.25, 0.3) is 0 Å². The standard InChI is InChI=1S/C15H17N3OS/c19-15(9-13-10-20-7-6-16-13)18-12-3-4-14-11(8-12)2-1-5-17-14/h1-5,8,13,16H,6-7,9-10H2,(H,18,19). The van der Waals surface area contributed by atoms with Gasteiger partial charge in [-0.1, -0.05) is 6.07 Å². The highest BCUT2D eigenvalue weighted by Crippen LogP contribution is 2.18. The summed E-state index contributed by atoms with van der Waals surface area (Å²) in [5, 5.41) is 7.38. The monoisotopic (exact) mass is 287 g/mol. The number of rotatable bonds is 3. The number of hydrogen-bond donors (Lipinski definition) is 2. The average molecular weight is 287 g/mol. The summed E-state index contributed by atoms with van der Waals surface area (Å²) in [4.78, 5) is 16.3. The van der Waals surface area contributed by atoms with E-state index in [9.17, 15) is 4.79 Å². The van der Waals surface area contributed by atoms with Crippen molar-refractivity contribution >= 4 is 34.3 Å². The molecule has 2 N–H and O–H groups in total. The van der Waals surface area contributed by atoms with Gasteiger partial charge >= 0.3 is 0 Å². The molecule has 0 saturated carbocycles. The topological polar surface area (TPSA) is 54.0 Å². The highest BCUT2D eigenvalue weighted by molar-refractivity contribution is 7.99. The van der Waals surface area contributed by atoms with E-state index in [0.717, 1.165) is 34.6 Å². The number of carbonyl (C=O) groups excluding carboxylic acids is 1. The van der Waals surface area contributed by atoms with Gasteiger partial charge in [-0.3, -0.25) is 9.78 Å². The third kappa shape index (κ3) is 3.29. The molecule has 1 aliphatic rings. The number of fused-ring (bicyclic) bond motifs is 1. The molecule has 0 bridgehead atoms. The van der Waals surface area contributed by atoms with Crippen LogP contribution in [0.25, 0.3) is 10.9 Å². The van der Waals surface area contributed by atoms with Gasteiger partial charge in [-0.25, -0.2) is 0 Å². The first-order valence-electron chi connectivity index (χ1n) is 6.77. The Bertz CT molecular complexity index is 611. The van der Waals surface area contributed by atoms with E-state index >= 15 is 0 Å². The number of nitrogens with zero attached hydrogens (tertiary/aromatic N) is 1. The largest absolute Gasteiger partial charge is 0.326 e. The summed E-state index contributed by atoms with van der Waals surface area (Å²) < 4.78 is 0. The molecular weight excluding hydrogens is 270 g/mol. The van der Waals surface area contributed by atoms with Gasteiger partial charge in [0.1, 0.15) is 0 Å². The highest BCUT2D eigenvalue weighted by atomic mass is 32.2. The van der Waals surface area contributed by atoms with Crippen LogP contribution in [0.5, 0.6) is 0 Å². The summed E-state index contributed by atoms with van der Waals surface area (Å²) in [5.41, 5.74) is 1.77. The number of anilines is 1. The molecule has 2 aromatic rings. The Morgan fingerprint density at radius 3 is 3.25 bits per heavy atom. The molecule has 5 heteroatoms. The summed E-state index contributed by atoms with van der Waals surface area (Å²) in [6.45, 7) is 0.990. The van der Waals surface area contributed by atoms with Gasteiger partial charge in [0, 0.05) is 47.8 Å². The smallest absolute Gasteiger partial charge is 0.225 e. The summed E-state index contributed by atoms with van der Waals surface area (Å²) in [5.74, 6) is 2.21. The van der Waals surface area contributed by atoms with Crippen LogP contribution in [0.4, 0.5) is 5.69 Å². The number of aromatic nitrogens is 1. The summed E-state index contributed by atoms with van der Waals surface area (Å²) >= 11 is 1.90. The van der Waals surface area contributed by atoms with Crippen LogP contribution in [-0.4, -0.2) is 35.0 Å². The number of benzene rings is 1. The Labute approximate surface area is 122 Å². The van der Waals surface area contributed by atoms with Crippen molar-refractivity contribution in [1.29, 1.82) is 0 Å². The zero-order chi connectivity index (χ0) is 13.8. The molecule has 1 aromatic carbocycles. The number of thioether (sulfide) groups is 1. The normalized spacial score (nSPS) is 18.9. The van der Waals surface area contributed by atoms with Crippen molar-refractivity contribution in [3.05, 3.63) is 36.5 Å². The van der Waals surface area contributed by atoms with E-state index in [4.69, 9.17) is 0 Å². The molecule has 20 heavy (non-hydrogen) atoms. The van der Waals surface area contributed by atoms with Crippen LogP contribution in [0.3, 0.4) is 0 Å². The summed E-state index contributed by atoms with van der Waals surface area (Å²) in [6.07, 6.45) is 2.30. The maximum absolute atomic E-state index is 12.0. The number of nitrogens with one attached hydrogen (secondary N) is 2. The van der Waals surface area contributed by atoms with Crippen LogP contribution in [0, 0.1) is 0 Å². The van der Waals surface area contributed by atoms with Crippen LogP contribution in [0.1, 0.15) is 6.42 Å². The molecule has 4 nitrogen and oxygen atoms in total. The third-order valence-corrected chi connectivity index (χ3v) is 4.45. The van der Waals surface area contributed by atoms with Crippen molar-refractivity contribution in [2.45, 2.75) is 12.5 Å². The lowest BCUT2D eigenvalue weighted by Crippen LogP contribution is -2.39. The minimum absolute atomic E-state index is 0.0632. The lowest BCUT2D eigenvalue weighted by molar-refractivity contribution is -0.116. The molecule has 1 amide bonds. The fraction of sp³-hybridized carbons (Fsp3) is 0.333. The third-order valence-electron chi connectivity index (χ3n) is 3.32. The van der Waals surface area contributed by atoms with Gasteiger partial charge < -0.3 is 10.6 Å². The molecule has 1 atom stereocenters. The molecule has 1 fully saturated rings. The number of pyridine rings is 1. The van der Waals surface area contributed by atoms with Gasteiger partial charge in [0.05, 0.1) is 5.52 Å². The van der Waals surface area contributed by atoms with E-state index in [1.807, 2.05) is 42.1 Å². The Balaban J connectivity index is 1.64. The number of carbonyl (C=O) groups is 1. The Morgan fingerprint density at radius 1 is 1.45 bits per heavy atom. The van der Waals surface area contributed by atoms with Crippen molar-refractivity contribution in [3.8, 4) is 0 Å². The second-order valence-electron chi connectivity index (χ2n) is 4.89. The zero-order valence-electron chi connectivity index (χ0n) is 11.1. The first-order valence-corrected chi connectivity index (χ1v) is 7.92. The Morgan fingerprint density at radius 2 is 2.40 bits per heavy atom. The van der Waals surface area contributed by atoms with Gasteiger partial charge in [-0.2, -0.15) is 11.8 Å². The molecule has 3 rings (SSSR count). The predicted molar refractivity (Wildman–Crippen MR) is 84.1 cm³/mol. The molecular formula is C15H17N3OS. The summed E-state index contributed by atoms with van der Waals surface area (Å²) in [6, 6.07) is 9.98. The van der Waals surface area contributed by atoms with Crippen LogP contribution in [-0.2, 0) is 4.79 Å². The van der Waals surface area contributed by atoms with E-state index < -0.39 is 0 Å². The van der Waals surface area contributed by atoms with Gasteiger partial charge in [-0.15, -0.1) is 0 Å². The van der Waals surface area contributed by atoms with E-state index in [-0.39, 0.29) is 11.9 Å². The second kappa shape index (κ2) is 6.24. The van der Waals surface area contributed by atoms with Crippen LogP contribution in [0.2, 0.25) is 0 Å². The lowest BCUT2D eigenvalue weighted by atomic mass is 10.2. The molecule has 0 aliphatic carbocycles.